The number of carbonyl (C=O) groups excluding carboxylic acids is 1. The van der Waals surface area contributed by atoms with Crippen molar-refractivity contribution >= 4 is 21.8 Å². The minimum Gasteiger partial charge on any atom is -0.490 e. The van der Waals surface area contributed by atoms with E-state index in [1.54, 1.807) is 19.1 Å². The second-order valence-corrected chi connectivity index (χ2v) is 6.16. The maximum Gasteiger partial charge on any atom is 0.257 e. The first-order valence-electron chi connectivity index (χ1n) is 8.08. The fourth-order valence-electron chi connectivity index (χ4n) is 2.13. The van der Waals surface area contributed by atoms with E-state index in [4.69, 9.17) is 19.3 Å². The fraction of sp³-hybridized carbons (Fsp3) is 0.412. The molecule has 0 aliphatic rings. The summed E-state index contributed by atoms with van der Waals surface area (Å²) in [4.78, 5) is 16.0. The smallest absolute Gasteiger partial charge is 0.257 e. The Balaban J connectivity index is 1.82. The Kier molecular flexibility index (Phi) is 7.41. The largest absolute Gasteiger partial charge is 0.490 e. The molecule has 0 aliphatic carbocycles. The Morgan fingerprint density at radius 2 is 2.23 bits per heavy atom. The molecule has 2 rings (SSSR count). The van der Waals surface area contributed by atoms with Gasteiger partial charge in [-0.1, -0.05) is 5.16 Å². The number of amides is 1. The van der Waals surface area contributed by atoms with Crippen LogP contribution < -0.4 is 14.8 Å². The SMILES string of the molecule is CCOc1cc(C#N)cc(Br)c1OCC(=O)NCCCc1nc(C)no1. The van der Waals surface area contributed by atoms with Crippen LogP contribution in [-0.4, -0.2) is 35.8 Å². The number of hydrogen-bond acceptors (Lipinski definition) is 7. The van der Waals surface area contributed by atoms with Crippen molar-refractivity contribution in [1.82, 2.24) is 15.5 Å². The van der Waals surface area contributed by atoms with E-state index in [0.717, 1.165) is 0 Å². The summed E-state index contributed by atoms with van der Waals surface area (Å²) in [6.07, 6.45) is 1.27. The average molecular weight is 423 g/mol. The summed E-state index contributed by atoms with van der Waals surface area (Å²) < 4.78 is 16.6. The van der Waals surface area contributed by atoms with Crippen molar-refractivity contribution in [3.05, 3.63) is 33.9 Å². The van der Waals surface area contributed by atoms with Crippen LogP contribution in [0.3, 0.4) is 0 Å². The van der Waals surface area contributed by atoms with Crippen LogP contribution in [0, 0.1) is 18.3 Å². The van der Waals surface area contributed by atoms with Gasteiger partial charge in [-0.15, -0.1) is 0 Å². The number of aromatic nitrogens is 2. The van der Waals surface area contributed by atoms with Crippen LogP contribution in [0.1, 0.15) is 30.6 Å². The van der Waals surface area contributed by atoms with E-state index < -0.39 is 0 Å². The Morgan fingerprint density at radius 1 is 1.42 bits per heavy atom. The molecule has 0 saturated carbocycles. The third-order valence-electron chi connectivity index (χ3n) is 3.25. The Bertz CT molecular complexity index is 801. The van der Waals surface area contributed by atoms with Gasteiger partial charge in [0.05, 0.1) is 22.7 Å². The first-order chi connectivity index (χ1) is 12.5. The normalized spacial score (nSPS) is 10.2. The molecule has 0 atom stereocenters. The molecule has 0 bridgehead atoms. The molecule has 1 N–H and O–H groups in total. The molecule has 0 radical (unpaired) electrons. The van der Waals surface area contributed by atoms with Crippen molar-refractivity contribution in [3.63, 3.8) is 0 Å². The molecular weight excluding hydrogens is 404 g/mol. The van der Waals surface area contributed by atoms with Gasteiger partial charge in [-0.05, 0) is 42.3 Å². The standard InChI is InChI=1S/C17H19BrN4O4/c1-3-24-14-8-12(9-19)7-13(18)17(14)25-10-15(23)20-6-4-5-16-21-11(2)22-26-16/h7-8H,3-6,10H2,1-2H3,(H,20,23). The van der Waals surface area contributed by atoms with Crippen LogP contribution in [0.5, 0.6) is 11.5 Å². The van der Waals surface area contributed by atoms with E-state index >= 15 is 0 Å². The van der Waals surface area contributed by atoms with E-state index in [-0.39, 0.29) is 12.5 Å². The highest BCUT2D eigenvalue weighted by molar-refractivity contribution is 9.10. The highest BCUT2D eigenvalue weighted by atomic mass is 79.9. The summed E-state index contributed by atoms with van der Waals surface area (Å²) in [6, 6.07) is 5.24. The number of aryl methyl sites for hydroxylation is 2. The first-order valence-corrected chi connectivity index (χ1v) is 8.88. The lowest BCUT2D eigenvalue weighted by Crippen LogP contribution is -2.30. The lowest BCUT2D eigenvalue weighted by Gasteiger charge is -2.14. The molecule has 1 aromatic heterocycles. The van der Waals surface area contributed by atoms with Gasteiger partial charge in [-0.2, -0.15) is 10.2 Å². The molecule has 138 valence electrons. The summed E-state index contributed by atoms with van der Waals surface area (Å²) in [6.45, 7) is 4.30. The van der Waals surface area contributed by atoms with Gasteiger partial charge in [0, 0.05) is 19.0 Å². The lowest BCUT2D eigenvalue weighted by atomic mass is 10.2. The van der Waals surface area contributed by atoms with Crippen LogP contribution in [-0.2, 0) is 11.2 Å². The molecular formula is C17H19BrN4O4. The minimum atomic E-state index is -0.259. The molecule has 1 aromatic carbocycles. The van der Waals surface area contributed by atoms with Gasteiger partial charge in [0.2, 0.25) is 5.89 Å². The number of nitrogens with one attached hydrogen (secondary N) is 1. The van der Waals surface area contributed by atoms with Gasteiger partial charge in [0.1, 0.15) is 0 Å². The molecule has 9 heteroatoms. The molecule has 26 heavy (non-hydrogen) atoms. The minimum absolute atomic E-state index is 0.162. The molecule has 1 heterocycles. The maximum absolute atomic E-state index is 11.9. The first kappa shape index (κ1) is 19.7. The predicted molar refractivity (Wildman–Crippen MR) is 95.9 cm³/mol. The second kappa shape index (κ2) is 9.77. The molecule has 0 fully saturated rings. The van der Waals surface area contributed by atoms with Crippen LogP contribution in [0.25, 0.3) is 0 Å². The molecule has 0 saturated heterocycles. The number of hydrogen-bond donors (Lipinski definition) is 1. The summed E-state index contributed by atoms with van der Waals surface area (Å²) in [7, 11) is 0. The average Bonchev–Trinajstić information content (AvgIpc) is 3.03. The zero-order chi connectivity index (χ0) is 18.9. The van der Waals surface area contributed by atoms with Gasteiger partial charge in [-0.3, -0.25) is 4.79 Å². The number of rotatable bonds is 9. The zero-order valence-electron chi connectivity index (χ0n) is 14.5. The van der Waals surface area contributed by atoms with Gasteiger partial charge in [0.15, 0.2) is 23.9 Å². The fourth-order valence-corrected chi connectivity index (χ4v) is 2.69. The summed E-state index contributed by atoms with van der Waals surface area (Å²) in [5.41, 5.74) is 0.438. The van der Waals surface area contributed by atoms with Crippen molar-refractivity contribution in [3.8, 4) is 17.6 Å². The van der Waals surface area contributed by atoms with Crippen LogP contribution >= 0.6 is 15.9 Å². The van der Waals surface area contributed by atoms with E-state index in [9.17, 15) is 4.79 Å². The summed E-state index contributed by atoms with van der Waals surface area (Å²) in [5, 5.41) is 15.5. The van der Waals surface area contributed by atoms with Gasteiger partial charge >= 0.3 is 0 Å². The van der Waals surface area contributed by atoms with Gasteiger partial charge in [0.25, 0.3) is 5.91 Å². The second-order valence-electron chi connectivity index (χ2n) is 5.31. The van der Waals surface area contributed by atoms with Crippen molar-refractivity contribution in [2.24, 2.45) is 0 Å². The highest BCUT2D eigenvalue weighted by Crippen LogP contribution is 2.36. The van der Waals surface area contributed by atoms with E-state index in [1.807, 2.05) is 13.0 Å². The monoisotopic (exact) mass is 422 g/mol. The number of carbonyl (C=O) groups is 1. The van der Waals surface area contributed by atoms with Crippen molar-refractivity contribution in [1.29, 1.82) is 5.26 Å². The Labute approximate surface area is 159 Å². The van der Waals surface area contributed by atoms with Gasteiger partial charge < -0.3 is 19.3 Å². The Morgan fingerprint density at radius 3 is 2.88 bits per heavy atom. The molecule has 0 unspecified atom stereocenters. The molecule has 0 aliphatic heterocycles. The van der Waals surface area contributed by atoms with Crippen LogP contribution in [0.15, 0.2) is 21.1 Å². The quantitative estimate of drug-likeness (QED) is 0.617. The van der Waals surface area contributed by atoms with E-state index in [0.29, 0.717) is 59.2 Å². The number of nitrogens with zero attached hydrogens (tertiary/aromatic N) is 3. The van der Waals surface area contributed by atoms with Crippen molar-refractivity contribution in [2.45, 2.75) is 26.7 Å². The zero-order valence-corrected chi connectivity index (χ0v) is 16.1. The third kappa shape index (κ3) is 5.74. The van der Waals surface area contributed by atoms with Crippen LogP contribution in [0.2, 0.25) is 0 Å². The Hall–Kier alpha value is -2.60. The third-order valence-corrected chi connectivity index (χ3v) is 3.83. The summed E-state index contributed by atoms with van der Waals surface area (Å²) >= 11 is 3.34. The molecule has 8 nitrogen and oxygen atoms in total. The van der Waals surface area contributed by atoms with Crippen molar-refractivity contribution in [2.75, 3.05) is 19.8 Å². The summed E-state index contributed by atoms with van der Waals surface area (Å²) in [5.74, 6) is 1.69. The van der Waals surface area contributed by atoms with Crippen LogP contribution in [0.4, 0.5) is 0 Å². The van der Waals surface area contributed by atoms with Crippen molar-refractivity contribution < 1.29 is 18.8 Å². The van der Waals surface area contributed by atoms with Gasteiger partial charge in [-0.25, -0.2) is 0 Å². The van der Waals surface area contributed by atoms with E-state index in [2.05, 4.69) is 31.4 Å². The molecule has 1 amide bonds. The molecule has 2 aromatic rings. The number of benzene rings is 1. The highest BCUT2D eigenvalue weighted by Gasteiger charge is 2.14. The number of halogens is 1. The predicted octanol–water partition coefficient (Wildman–Crippen LogP) is 2.54. The molecule has 0 spiro atoms. The lowest BCUT2D eigenvalue weighted by molar-refractivity contribution is -0.123. The maximum atomic E-state index is 11.9. The topological polar surface area (TPSA) is 110 Å². The number of ether oxygens (including phenoxy) is 2. The van der Waals surface area contributed by atoms with E-state index in [1.165, 1.54) is 0 Å². The number of nitriles is 1.